The predicted molar refractivity (Wildman–Crippen MR) is 91.7 cm³/mol. The number of Topliss-reactive ketones (excluding diaryl/α,β-unsaturated/α-hetero) is 1. The van der Waals surface area contributed by atoms with Crippen LogP contribution in [0.2, 0.25) is 0 Å². The van der Waals surface area contributed by atoms with Gasteiger partial charge in [-0.25, -0.2) is 4.79 Å². The van der Waals surface area contributed by atoms with Gasteiger partial charge >= 0.3 is 6.09 Å². The molecule has 8 nitrogen and oxygen atoms in total. The Morgan fingerprint density at radius 2 is 1.92 bits per heavy atom. The first-order valence-corrected chi connectivity index (χ1v) is 8.57. The molecule has 0 spiro atoms. The van der Waals surface area contributed by atoms with Crippen LogP contribution in [-0.2, 0) is 19.1 Å². The van der Waals surface area contributed by atoms with Crippen LogP contribution in [-0.4, -0.2) is 48.9 Å². The number of hydrogen-bond donors (Lipinski definition) is 3. The van der Waals surface area contributed by atoms with Crippen LogP contribution in [0, 0.1) is 11.3 Å². The zero-order valence-corrected chi connectivity index (χ0v) is 15.6. The minimum absolute atomic E-state index is 0.0387. The summed E-state index contributed by atoms with van der Waals surface area (Å²) >= 11 is 0. The molecule has 0 aliphatic carbocycles. The van der Waals surface area contributed by atoms with E-state index in [1.807, 2.05) is 20.8 Å². The molecule has 25 heavy (non-hydrogen) atoms. The second-order valence-corrected chi connectivity index (χ2v) is 7.78. The molecule has 8 heteroatoms. The lowest BCUT2D eigenvalue weighted by molar-refractivity contribution is -0.142. The summed E-state index contributed by atoms with van der Waals surface area (Å²) in [5.74, 6) is -2.08. The van der Waals surface area contributed by atoms with Crippen LogP contribution >= 0.6 is 0 Å². The van der Waals surface area contributed by atoms with Crippen molar-refractivity contribution in [3.63, 3.8) is 0 Å². The number of carbonyl (C=O) groups is 4. The largest absolute Gasteiger partial charge is 0.450 e. The van der Waals surface area contributed by atoms with E-state index in [-0.39, 0.29) is 17.9 Å². The van der Waals surface area contributed by atoms with Crippen molar-refractivity contribution in [2.45, 2.75) is 59.5 Å². The van der Waals surface area contributed by atoms with E-state index in [2.05, 4.69) is 16.0 Å². The van der Waals surface area contributed by atoms with Crippen LogP contribution in [0.4, 0.5) is 4.79 Å². The van der Waals surface area contributed by atoms with E-state index in [4.69, 9.17) is 4.74 Å². The van der Waals surface area contributed by atoms with Gasteiger partial charge in [0, 0.05) is 6.54 Å². The molecule has 0 saturated carbocycles. The van der Waals surface area contributed by atoms with Gasteiger partial charge in [0.15, 0.2) is 0 Å². The molecule has 2 unspecified atom stereocenters. The summed E-state index contributed by atoms with van der Waals surface area (Å²) in [6.45, 7) is 10.2. The van der Waals surface area contributed by atoms with Gasteiger partial charge in [-0.15, -0.1) is 0 Å². The zero-order chi connectivity index (χ0) is 19.2. The maximum absolute atomic E-state index is 12.4. The Hall–Kier alpha value is -2.12. The summed E-state index contributed by atoms with van der Waals surface area (Å²) in [7, 11) is 0. The molecular weight excluding hydrogens is 326 g/mol. The summed E-state index contributed by atoms with van der Waals surface area (Å²) in [6, 6.07) is -1.71. The number of alkyl carbamates (subject to hydrolysis) is 1. The van der Waals surface area contributed by atoms with Gasteiger partial charge in [0.1, 0.15) is 6.04 Å². The first kappa shape index (κ1) is 20.9. The number of hydrogen-bond acceptors (Lipinski definition) is 5. The summed E-state index contributed by atoms with van der Waals surface area (Å²) in [4.78, 5) is 47.5. The van der Waals surface area contributed by atoms with Gasteiger partial charge in [0.2, 0.25) is 11.7 Å². The Bertz CT molecular complexity index is 525. The van der Waals surface area contributed by atoms with Crippen molar-refractivity contribution in [3.05, 3.63) is 0 Å². The first-order chi connectivity index (χ1) is 11.5. The number of ether oxygens (including phenoxy) is 1. The number of carbonyl (C=O) groups excluding carboxylic acids is 4. The molecule has 1 fully saturated rings. The molecule has 0 bridgehead atoms. The van der Waals surface area contributed by atoms with Gasteiger partial charge < -0.3 is 20.7 Å². The molecule has 3 N–H and O–H groups in total. The number of nitrogens with one attached hydrogen (secondary N) is 3. The lowest BCUT2D eigenvalue weighted by atomic mass is 9.93. The molecule has 1 saturated heterocycles. The van der Waals surface area contributed by atoms with Gasteiger partial charge in [-0.3, -0.25) is 14.4 Å². The molecule has 0 aromatic carbocycles. The first-order valence-electron chi connectivity index (χ1n) is 8.57. The highest BCUT2D eigenvalue weighted by atomic mass is 16.5. The third-order valence-corrected chi connectivity index (χ3v) is 3.88. The molecule has 3 amide bonds. The van der Waals surface area contributed by atoms with Crippen molar-refractivity contribution in [2.24, 2.45) is 11.3 Å². The van der Waals surface area contributed by atoms with E-state index in [9.17, 15) is 19.2 Å². The van der Waals surface area contributed by atoms with E-state index in [0.29, 0.717) is 19.4 Å². The zero-order valence-electron chi connectivity index (χ0n) is 15.6. The van der Waals surface area contributed by atoms with Gasteiger partial charge in [-0.2, -0.15) is 0 Å². The van der Waals surface area contributed by atoms with E-state index in [1.165, 1.54) is 0 Å². The van der Waals surface area contributed by atoms with Gasteiger partial charge in [0.05, 0.1) is 12.6 Å². The lowest BCUT2D eigenvalue weighted by Gasteiger charge is -2.26. The molecule has 1 aliphatic heterocycles. The predicted octanol–water partition coefficient (Wildman–Crippen LogP) is 0.747. The Labute approximate surface area is 148 Å². The quantitative estimate of drug-likeness (QED) is 0.608. The molecule has 2 atom stereocenters. The summed E-state index contributed by atoms with van der Waals surface area (Å²) < 4.78 is 5.12. The average molecular weight is 355 g/mol. The Kier molecular flexibility index (Phi) is 7.38. The van der Waals surface area contributed by atoms with E-state index < -0.39 is 35.8 Å². The molecule has 0 aromatic heterocycles. The number of piperidine rings is 1. The molecule has 0 radical (unpaired) electrons. The highest BCUT2D eigenvalue weighted by Crippen LogP contribution is 2.18. The van der Waals surface area contributed by atoms with Gasteiger partial charge in [0.25, 0.3) is 5.91 Å². The highest BCUT2D eigenvalue weighted by molar-refractivity contribution is 6.39. The second kappa shape index (κ2) is 8.82. The number of rotatable bonds is 6. The fraction of sp³-hybridized carbons (Fsp3) is 0.765. The number of ketones is 1. The molecular formula is C17H29N3O5. The summed E-state index contributed by atoms with van der Waals surface area (Å²) in [5, 5.41) is 7.50. The minimum Gasteiger partial charge on any atom is -0.450 e. The van der Waals surface area contributed by atoms with Crippen LogP contribution in [0.3, 0.4) is 0 Å². The standard InChI is InChI=1S/C17H29N3O5/c1-10(2)12(20-16(24)25-9-7-17(3,4)5)14(22)19-11-6-8-18-15(23)13(11)21/h10-12H,6-9H2,1-5H3,(H,18,23)(H,19,22)(H,20,24). The van der Waals surface area contributed by atoms with Crippen molar-refractivity contribution in [1.82, 2.24) is 16.0 Å². The van der Waals surface area contributed by atoms with Gasteiger partial charge in [-0.1, -0.05) is 34.6 Å². The fourth-order valence-corrected chi connectivity index (χ4v) is 2.26. The average Bonchev–Trinajstić information content (AvgIpc) is 2.47. The van der Waals surface area contributed by atoms with Crippen LogP contribution in [0.5, 0.6) is 0 Å². The highest BCUT2D eigenvalue weighted by Gasteiger charge is 2.33. The Balaban J connectivity index is 2.57. The normalized spacial score (nSPS) is 19.2. The molecule has 1 rings (SSSR count). The summed E-state index contributed by atoms with van der Waals surface area (Å²) in [5.41, 5.74) is 0.0387. The van der Waals surface area contributed by atoms with Crippen LogP contribution in [0.25, 0.3) is 0 Å². The van der Waals surface area contributed by atoms with Crippen molar-refractivity contribution < 1.29 is 23.9 Å². The molecule has 142 valence electrons. The Morgan fingerprint density at radius 1 is 1.28 bits per heavy atom. The van der Waals surface area contributed by atoms with Crippen LogP contribution in [0.15, 0.2) is 0 Å². The van der Waals surface area contributed by atoms with Crippen LogP contribution in [0.1, 0.15) is 47.5 Å². The van der Waals surface area contributed by atoms with Crippen molar-refractivity contribution in [3.8, 4) is 0 Å². The van der Waals surface area contributed by atoms with Crippen molar-refractivity contribution in [1.29, 1.82) is 0 Å². The summed E-state index contributed by atoms with van der Waals surface area (Å²) in [6.07, 6.45) is 0.354. The lowest BCUT2D eigenvalue weighted by Crippen LogP contribution is -2.58. The van der Waals surface area contributed by atoms with E-state index >= 15 is 0 Å². The Morgan fingerprint density at radius 3 is 2.48 bits per heavy atom. The topological polar surface area (TPSA) is 114 Å². The van der Waals surface area contributed by atoms with Crippen molar-refractivity contribution >= 4 is 23.7 Å². The second-order valence-electron chi connectivity index (χ2n) is 7.78. The third-order valence-electron chi connectivity index (χ3n) is 3.88. The van der Waals surface area contributed by atoms with Gasteiger partial charge in [-0.05, 0) is 24.2 Å². The SMILES string of the molecule is CC(C)C(NC(=O)OCCC(C)(C)C)C(=O)NC1CCNC(=O)C1=O. The van der Waals surface area contributed by atoms with Crippen molar-refractivity contribution in [2.75, 3.05) is 13.2 Å². The molecule has 0 aromatic rings. The maximum Gasteiger partial charge on any atom is 0.407 e. The molecule has 1 aliphatic rings. The minimum atomic E-state index is -0.860. The number of amides is 3. The maximum atomic E-state index is 12.4. The molecule has 1 heterocycles. The van der Waals surface area contributed by atoms with E-state index in [1.54, 1.807) is 13.8 Å². The monoisotopic (exact) mass is 355 g/mol. The van der Waals surface area contributed by atoms with E-state index in [0.717, 1.165) is 0 Å². The smallest absolute Gasteiger partial charge is 0.407 e. The third kappa shape index (κ3) is 7.11. The fourth-order valence-electron chi connectivity index (χ4n) is 2.26. The van der Waals surface area contributed by atoms with Crippen LogP contribution < -0.4 is 16.0 Å².